The first-order valence-corrected chi connectivity index (χ1v) is 8.85. The van der Waals surface area contributed by atoms with Crippen LogP contribution in [0.25, 0.3) is 0 Å². The number of carbonyl (C=O) groups is 1. The van der Waals surface area contributed by atoms with Gasteiger partial charge >= 0.3 is 0 Å². The second-order valence-electron chi connectivity index (χ2n) is 5.02. The minimum atomic E-state index is -3.84. The van der Waals surface area contributed by atoms with Crippen molar-refractivity contribution in [2.45, 2.75) is 24.3 Å². The topological polar surface area (TPSA) is 98.5 Å². The third-order valence-corrected chi connectivity index (χ3v) is 5.17. The zero-order valence-corrected chi connectivity index (χ0v) is 13.9. The maximum Gasteiger partial charge on any atom is 0.252 e. The van der Waals surface area contributed by atoms with Crippen molar-refractivity contribution in [1.82, 2.24) is 5.32 Å². The van der Waals surface area contributed by atoms with Gasteiger partial charge in [0.1, 0.15) is 0 Å². The van der Waals surface area contributed by atoms with Crippen LogP contribution in [0.1, 0.15) is 23.7 Å². The van der Waals surface area contributed by atoms with E-state index in [1.807, 2.05) is 6.92 Å². The highest BCUT2D eigenvalue weighted by Gasteiger charge is 2.25. The maximum atomic E-state index is 12.2. The Morgan fingerprint density at radius 2 is 2.24 bits per heavy atom. The molecule has 6 nitrogen and oxygen atoms in total. The minimum Gasteiger partial charge on any atom is -0.378 e. The van der Waals surface area contributed by atoms with Crippen LogP contribution in [-0.4, -0.2) is 33.6 Å². The number of rotatable bonds is 4. The van der Waals surface area contributed by atoms with Crippen LogP contribution in [0.2, 0.25) is 0 Å². The molecule has 0 spiro atoms. The molecule has 1 aromatic rings. The quantitative estimate of drug-likeness (QED) is 0.825. The van der Waals surface area contributed by atoms with Crippen molar-refractivity contribution in [3.05, 3.63) is 28.2 Å². The van der Waals surface area contributed by atoms with E-state index in [9.17, 15) is 13.2 Å². The first-order valence-electron chi connectivity index (χ1n) is 6.51. The summed E-state index contributed by atoms with van der Waals surface area (Å²) in [5.41, 5.74) is 0.244. The molecule has 1 aliphatic rings. The van der Waals surface area contributed by atoms with Gasteiger partial charge in [-0.1, -0.05) is 0 Å². The number of hydrogen-bond donors (Lipinski definition) is 2. The smallest absolute Gasteiger partial charge is 0.252 e. The molecule has 1 fully saturated rings. The summed E-state index contributed by atoms with van der Waals surface area (Å²) < 4.78 is 28.6. The molecule has 0 bridgehead atoms. The molecule has 2 rings (SSSR count). The summed E-state index contributed by atoms with van der Waals surface area (Å²) in [6.45, 7) is 3.17. The largest absolute Gasteiger partial charge is 0.378 e. The second-order valence-corrected chi connectivity index (χ2v) is 7.44. The fraction of sp³-hybridized carbons (Fsp3) is 0.462. The molecule has 21 heavy (non-hydrogen) atoms. The molecule has 0 saturated carbocycles. The fourth-order valence-corrected chi connectivity index (χ4v) is 3.19. The first kappa shape index (κ1) is 16.4. The zero-order chi connectivity index (χ0) is 15.6. The van der Waals surface area contributed by atoms with Crippen molar-refractivity contribution >= 4 is 31.9 Å². The van der Waals surface area contributed by atoms with Crippen molar-refractivity contribution < 1.29 is 17.9 Å². The standard InChI is InChI=1S/C13H17BrN2O4S/c1-8-9(4-5-20-8)7-16-13(17)11-6-10(21(15,18)19)2-3-12(11)14/h2-3,6,8-9H,4-5,7H2,1H3,(H,16,17)(H2,15,18,19). The summed E-state index contributed by atoms with van der Waals surface area (Å²) in [4.78, 5) is 12.1. The molecule has 8 heteroatoms. The summed E-state index contributed by atoms with van der Waals surface area (Å²) in [7, 11) is -3.84. The van der Waals surface area contributed by atoms with E-state index < -0.39 is 10.0 Å². The van der Waals surface area contributed by atoms with Crippen molar-refractivity contribution in [2.75, 3.05) is 13.2 Å². The summed E-state index contributed by atoms with van der Waals surface area (Å²) in [6.07, 6.45) is 1.02. The molecule has 3 N–H and O–H groups in total. The Kier molecular flexibility index (Phi) is 5.03. The van der Waals surface area contributed by atoms with Gasteiger partial charge in [0.2, 0.25) is 10.0 Å². The van der Waals surface area contributed by atoms with Gasteiger partial charge in [-0.15, -0.1) is 0 Å². The summed E-state index contributed by atoms with van der Waals surface area (Å²) in [5.74, 6) is -0.0689. The molecule has 0 radical (unpaired) electrons. The number of nitrogens with one attached hydrogen (secondary N) is 1. The Labute approximate surface area is 132 Å². The molecule has 1 amide bonds. The highest BCUT2D eigenvalue weighted by atomic mass is 79.9. The van der Waals surface area contributed by atoms with Crippen LogP contribution in [0.5, 0.6) is 0 Å². The molecule has 1 heterocycles. The first-order chi connectivity index (χ1) is 9.79. The maximum absolute atomic E-state index is 12.2. The lowest BCUT2D eigenvalue weighted by Gasteiger charge is -2.15. The van der Waals surface area contributed by atoms with E-state index >= 15 is 0 Å². The Hall–Kier alpha value is -0.960. The van der Waals surface area contributed by atoms with E-state index in [-0.39, 0.29) is 28.4 Å². The van der Waals surface area contributed by atoms with E-state index in [0.29, 0.717) is 17.6 Å². The van der Waals surface area contributed by atoms with Gasteiger partial charge in [0.05, 0.1) is 16.6 Å². The average Bonchev–Trinajstić information content (AvgIpc) is 2.80. The number of benzene rings is 1. The Bertz CT molecular complexity index is 648. The van der Waals surface area contributed by atoms with Crippen LogP contribution in [0, 0.1) is 5.92 Å². The van der Waals surface area contributed by atoms with Gasteiger partial charge in [-0.2, -0.15) is 0 Å². The molecule has 1 aromatic carbocycles. The predicted octanol–water partition coefficient (Wildman–Crippen LogP) is 1.25. The Balaban J connectivity index is 2.11. The molecule has 1 aliphatic heterocycles. The second kappa shape index (κ2) is 6.43. The van der Waals surface area contributed by atoms with Gasteiger partial charge < -0.3 is 10.1 Å². The number of primary sulfonamides is 1. The van der Waals surface area contributed by atoms with Gasteiger partial charge in [-0.25, -0.2) is 13.6 Å². The van der Waals surface area contributed by atoms with Crippen LogP contribution in [0.3, 0.4) is 0 Å². The van der Waals surface area contributed by atoms with E-state index in [0.717, 1.165) is 6.42 Å². The van der Waals surface area contributed by atoms with Gasteiger partial charge in [-0.3, -0.25) is 4.79 Å². The molecule has 0 aromatic heterocycles. The SMILES string of the molecule is CC1OCCC1CNC(=O)c1cc(S(N)(=O)=O)ccc1Br. The van der Waals surface area contributed by atoms with E-state index in [1.165, 1.54) is 18.2 Å². The Morgan fingerprint density at radius 3 is 2.81 bits per heavy atom. The van der Waals surface area contributed by atoms with E-state index in [4.69, 9.17) is 9.88 Å². The van der Waals surface area contributed by atoms with Crippen molar-refractivity contribution in [3.8, 4) is 0 Å². The normalized spacial score (nSPS) is 22.2. The molecule has 2 unspecified atom stereocenters. The number of sulfonamides is 1. The number of amides is 1. The number of hydrogen-bond acceptors (Lipinski definition) is 4. The van der Waals surface area contributed by atoms with Crippen LogP contribution in [0.4, 0.5) is 0 Å². The van der Waals surface area contributed by atoms with Crippen LogP contribution < -0.4 is 10.5 Å². The molecule has 1 saturated heterocycles. The monoisotopic (exact) mass is 376 g/mol. The van der Waals surface area contributed by atoms with Crippen molar-refractivity contribution in [2.24, 2.45) is 11.1 Å². The molecular formula is C13H17BrN2O4S. The lowest BCUT2D eigenvalue weighted by molar-refractivity contribution is 0.0906. The molecule has 0 aliphatic carbocycles. The summed E-state index contributed by atoms with van der Waals surface area (Å²) in [5, 5.41) is 7.88. The predicted molar refractivity (Wildman–Crippen MR) is 81.4 cm³/mol. The molecular weight excluding hydrogens is 360 g/mol. The average molecular weight is 377 g/mol. The van der Waals surface area contributed by atoms with E-state index in [2.05, 4.69) is 21.2 Å². The van der Waals surface area contributed by atoms with Gasteiger partial charge in [0.15, 0.2) is 0 Å². The number of nitrogens with two attached hydrogens (primary N) is 1. The molecule has 116 valence electrons. The van der Waals surface area contributed by atoms with Crippen LogP contribution in [-0.2, 0) is 14.8 Å². The Morgan fingerprint density at radius 1 is 1.52 bits per heavy atom. The zero-order valence-electron chi connectivity index (χ0n) is 11.5. The van der Waals surface area contributed by atoms with Gasteiger partial charge in [0.25, 0.3) is 5.91 Å². The third-order valence-electron chi connectivity index (χ3n) is 3.57. The fourth-order valence-electron chi connectivity index (χ4n) is 2.22. The molecule has 2 atom stereocenters. The van der Waals surface area contributed by atoms with Gasteiger partial charge in [-0.05, 0) is 47.5 Å². The van der Waals surface area contributed by atoms with Gasteiger partial charge in [0, 0.05) is 23.5 Å². The van der Waals surface area contributed by atoms with Crippen molar-refractivity contribution in [3.63, 3.8) is 0 Å². The number of halogens is 1. The third kappa shape index (κ3) is 4.03. The highest BCUT2D eigenvalue weighted by Crippen LogP contribution is 2.22. The van der Waals surface area contributed by atoms with E-state index in [1.54, 1.807) is 0 Å². The summed E-state index contributed by atoms with van der Waals surface area (Å²) in [6, 6.07) is 4.11. The highest BCUT2D eigenvalue weighted by molar-refractivity contribution is 9.10. The van der Waals surface area contributed by atoms with Crippen LogP contribution >= 0.6 is 15.9 Å². The lowest BCUT2D eigenvalue weighted by Crippen LogP contribution is -2.32. The van der Waals surface area contributed by atoms with Crippen LogP contribution in [0.15, 0.2) is 27.6 Å². The number of ether oxygens (including phenoxy) is 1. The van der Waals surface area contributed by atoms with Crippen molar-refractivity contribution in [1.29, 1.82) is 0 Å². The minimum absolute atomic E-state index is 0.0894. The number of carbonyl (C=O) groups excluding carboxylic acids is 1. The lowest BCUT2D eigenvalue weighted by atomic mass is 10.0. The summed E-state index contributed by atoms with van der Waals surface area (Å²) >= 11 is 3.24.